The van der Waals surface area contributed by atoms with Crippen LogP contribution in [0, 0.1) is 13.8 Å². The highest BCUT2D eigenvalue weighted by Crippen LogP contribution is 2.23. The van der Waals surface area contributed by atoms with Crippen LogP contribution in [0.5, 0.6) is 0 Å². The molecule has 0 saturated carbocycles. The lowest BCUT2D eigenvalue weighted by Gasteiger charge is -2.11. The minimum Gasteiger partial charge on any atom is -0.325 e. The summed E-state index contributed by atoms with van der Waals surface area (Å²) in [6, 6.07) is 16.3. The molecule has 0 aliphatic rings. The molecular formula is C23H26N4OS2. The monoisotopic (exact) mass is 438 g/mol. The lowest BCUT2D eigenvalue weighted by Crippen LogP contribution is -2.16. The van der Waals surface area contributed by atoms with Gasteiger partial charge in [0, 0.05) is 18.0 Å². The first-order valence-electron chi connectivity index (χ1n) is 9.72. The Labute approximate surface area is 186 Å². The number of nitrogens with zero attached hydrogens (tertiary/aromatic N) is 3. The second-order valence-corrected chi connectivity index (χ2v) is 8.81. The van der Waals surface area contributed by atoms with Gasteiger partial charge in [-0.05, 0) is 30.5 Å². The molecule has 30 heavy (non-hydrogen) atoms. The molecule has 0 saturated heterocycles. The van der Waals surface area contributed by atoms with Crippen molar-refractivity contribution >= 4 is 35.1 Å². The fourth-order valence-corrected chi connectivity index (χ4v) is 4.69. The molecule has 7 heteroatoms. The zero-order valence-electron chi connectivity index (χ0n) is 17.3. The summed E-state index contributed by atoms with van der Waals surface area (Å²) < 4.78 is 2.03. The first kappa shape index (κ1) is 22.2. The molecule has 5 nitrogen and oxygen atoms in total. The van der Waals surface area contributed by atoms with Crippen molar-refractivity contribution in [1.29, 1.82) is 0 Å². The van der Waals surface area contributed by atoms with E-state index >= 15 is 0 Å². The molecule has 1 heterocycles. The summed E-state index contributed by atoms with van der Waals surface area (Å²) in [6.07, 6.45) is 1.83. The van der Waals surface area contributed by atoms with Crippen molar-refractivity contribution in [2.24, 2.45) is 0 Å². The molecule has 0 aliphatic carbocycles. The Balaban J connectivity index is 1.58. The first-order chi connectivity index (χ1) is 14.6. The second kappa shape index (κ2) is 11.0. The molecule has 0 unspecified atom stereocenters. The van der Waals surface area contributed by atoms with Gasteiger partial charge >= 0.3 is 0 Å². The normalized spacial score (nSPS) is 10.7. The number of aromatic nitrogens is 3. The molecule has 0 aliphatic heterocycles. The number of benzene rings is 2. The third kappa shape index (κ3) is 6.00. The molecule has 1 N–H and O–H groups in total. The Morgan fingerprint density at radius 3 is 2.50 bits per heavy atom. The second-order valence-electron chi connectivity index (χ2n) is 6.88. The van der Waals surface area contributed by atoms with Gasteiger partial charge in [-0.1, -0.05) is 66.4 Å². The van der Waals surface area contributed by atoms with Gasteiger partial charge in [0.2, 0.25) is 5.91 Å². The van der Waals surface area contributed by atoms with Crippen LogP contribution < -0.4 is 5.32 Å². The minimum atomic E-state index is -0.0504. The SMILES string of the molecule is C=CCn1c(CSCc2ccccc2)nnc1SCC(=O)Nc1c(C)cccc1C. The van der Waals surface area contributed by atoms with Crippen molar-refractivity contribution in [2.45, 2.75) is 37.1 Å². The molecule has 0 bridgehead atoms. The Hall–Kier alpha value is -2.51. The van der Waals surface area contributed by atoms with Crippen molar-refractivity contribution in [3.8, 4) is 0 Å². The predicted molar refractivity (Wildman–Crippen MR) is 127 cm³/mol. The van der Waals surface area contributed by atoms with Crippen LogP contribution in [0.2, 0.25) is 0 Å². The fourth-order valence-electron chi connectivity index (χ4n) is 3.00. The van der Waals surface area contributed by atoms with Crippen molar-refractivity contribution in [2.75, 3.05) is 11.1 Å². The highest BCUT2D eigenvalue weighted by Gasteiger charge is 2.14. The van der Waals surface area contributed by atoms with Crippen molar-refractivity contribution in [1.82, 2.24) is 14.8 Å². The summed E-state index contributed by atoms with van der Waals surface area (Å²) in [5.41, 5.74) is 4.28. The number of anilines is 1. The van der Waals surface area contributed by atoms with E-state index in [4.69, 9.17) is 0 Å². The molecule has 156 valence electrons. The lowest BCUT2D eigenvalue weighted by molar-refractivity contribution is -0.113. The van der Waals surface area contributed by atoms with E-state index in [0.29, 0.717) is 6.54 Å². The molecule has 0 fully saturated rings. The van der Waals surface area contributed by atoms with Crippen LogP contribution in [0.4, 0.5) is 5.69 Å². The van der Waals surface area contributed by atoms with Gasteiger partial charge in [-0.2, -0.15) is 0 Å². The first-order valence-corrected chi connectivity index (χ1v) is 11.9. The molecule has 2 aromatic carbocycles. The third-order valence-corrected chi connectivity index (χ3v) is 6.49. The number of hydrogen-bond donors (Lipinski definition) is 1. The molecule has 3 rings (SSSR count). The van der Waals surface area contributed by atoms with Gasteiger partial charge in [0.25, 0.3) is 0 Å². The third-order valence-electron chi connectivity index (χ3n) is 4.53. The zero-order valence-corrected chi connectivity index (χ0v) is 18.9. The molecule has 0 atom stereocenters. The van der Waals surface area contributed by atoms with Crippen LogP contribution in [-0.4, -0.2) is 26.4 Å². The number of carbonyl (C=O) groups excluding carboxylic acids is 1. The number of amides is 1. The summed E-state index contributed by atoms with van der Waals surface area (Å²) in [7, 11) is 0. The highest BCUT2D eigenvalue weighted by molar-refractivity contribution is 7.99. The fraction of sp³-hybridized carbons (Fsp3) is 0.261. The van der Waals surface area contributed by atoms with E-state index in [1.807, 2.05) is 60.9 Å². The van der Waals surface area contributed by atoms with Crippen molar-refractivity contribution < 1.29 is 4.79 Å². The number of rotatable bonds is 10. The summed E-state index contributed by atoms with van der Waals surface area (Å²) in [6.45, 7) is 8.46. The Morgan fingerprint density at radius 2 is 1.80 bits per heavy atom. The van der Waals surface area contributed by atoms with E-state index in [9.17, 15) is 4.79 Å². The van der Waals surface area contributed by atoms with E-state index in [0.717, 1.165) is 39.3 Å². The summed E-state index contributed by atoms with van der Waals surface area (Å²) in [5, 5.41) is 12.4. The van der Waals surface area contributed by atoms with Crippen LogP contribution in [0.25, 0.3) is 0 Å². The predicted octanol–water partition coefficient (Wildman–Crippen LogP) is 5.25. The zero-order chi connectivity index (χ0) is 21.3. The number of para-hydroxylation sites is 1. The smallest absolute Gasteiger partial charge is 0.234 e. The van der Waals surface area contributed by atoms with Gasteiger partial charge in [0.1, 0.15) is 5.82 Å². The number of thioether (sulfide) groups is 2. The van der Waals surface area contributed by atoms with Crippen LogP contribution in [0.15, 0.2) is 66.3 Å². The average molecular weight is 439 g/mol. The number of aryl methyl sites for hydroxylation is 2. The van der Waals surface area contributed by atoms with E-state index in [-0.39, 0.29) is 11.7 Å². The number of hydrogen-bond acceptors (Lipinski definition) is 5. The van der Waals surface area contributed by atoms with Gasteiger partial charge in [-0.15, -0.1) is 28.5 Å². The maximum Gasteiger partial charge on any atom is 0.234 e. The van der Waals surface area contributed by atoms with Crippen LogP contribution in [-0.2, 0) is 22.8 Å². The Kier molecular flexibility index (Phi) is 8.16. The molecule has 1 aromatic heterocycles. The summed E-state index contributed by atoms with van der Waals surface area (Å²) >= 11 is 3.19. The van der Waals surface area contributed by atoms with E-state index in [1.54, 1.807) is 11.8 Å². The Bertz CT molecular complexity index is 981. The molecule has 1 amide bonds. The van der Waals surface area contributed by atoms with Crippen LogP contribution in [0.3, 0.4) is 0 Å². The lowest BCUT2D eigenvalue weighted by atomic mass is 10.1. The topological polar surface area (TPSA) is 59.8 Å². The average Bonchev–Trinajstić information content (AvgIpc) is 3.12. The Morgan fingerprint density at radius 1 is 1.07 bits per heavy atom. The number of carbonyl (C=O) groups is 1. The van der Waals surface area contributed by atoms with E-state index < -0.39 is 0 Å². The molecule has 3 aromatic rings. The molecule has 0 radical (unpaired) electrons. The van der Waals surface area contributed by atoms with E-state index in [1.165, 1.54) is 17.3 Å². The standard InChI is InChI=1S/C23H26N4OS2/c1-4-13-27-20(15-29-14-19-11-6-5-7-12-19)25-26-23(27)30-16-21(28)24-22-17(2)9-8-10-18(22)3/h4-12H,1,13-16H2,2-3H3,(H,24,28). The highest BCUT2D eigenvalue weighted by atomic mass is 32.2. The quantitative estimate of drug-likeness (QED) is 0.346. The largest absolute Gasteiger partial charge is 0.325 e. The van der Waals surface area contributed by atoms with Crippen molar-refractivity contribution in [3.63, 3.8) is 0 Å². The maximum absolute atomic E-state index is 12.5. The maximum atomic E-state index is 12.5. The van der Waals surface area contributed by atoms with Gasteiger partial charge < -0.3 is 9.88 Å². The van der Waals surface area contributed by atoms with E-state index in [2.05, 4.69) is 34.2 Å². The van der Waals surface area contributed by atoms with Crippen molar-refractivity contribution in [3.05, 3.63) is 83.7 Å². The molecule has 0 spiro atoms. The number of allylic oxidation sites excluding steroid dienone is 1. The van der Waals surface area contributed by atoms with Gasteiger partial charge in [0.15, 0.2) is 5.16 Å². The molecular weight excluding hydrogens is 412 g/mol. The minimum absolute atomic E-state index is 0.0504. The van der Waals surface area contributed by atoms with Gasteiger partial charge in [0.05, 0.1) is 11.5 Å². The van der Waals surface area contributed by atoms with Gasteiger partial charge in [-0.25, -0.2) is 0 Å². The van der Waals surface area contributed by atoms with Gasteiger partial charge in [-0.3, -0.25) is 4.79 Å². The number of nitrogens with one attached hydrogen (secondary N) is 1. The summed E-state index contributed by atoms with van der Waals surface area (Å²) in [5.74, 6) is 2.80. The van der Waals surface area contributed by atoms with Crippen LogP contribution >= 0.6 is 23.5 Å². The van der Waals surface area contributed by atoms with Crippen LogP contribution in [0.1, 0.15) is 22.5 Å². The summed E-state index contributed by atoms with van der Waals surface area (Å²) in [4.78, 5) is 12.5.